The molecule has 0 aromatic carbocycles. The molecule has 7 nitrogen and oxygen atoms in total. The van der Waals surface area contributed by atoms with Crippen molar-refractivity contribution < 1.29 is 29.0 Å². The van der Waals surface area contributed by atoms with Crippen molar-refractivity contribution in [3.63, 3.8) is 0 Å². The lowest BCUT2D eigenvalue weighted by Gasteiger charge is -2.27. The maximum absolute atomic E-state index is 12.7. The first-order valence-corrected chi connectivity index (χ1v) is 10.3. The summed E-state index contributed by atoms with van der Waals surface area (Å²) in [5.41, 5.74) is 0. The minimum Gasteiger partial charge on any atom is -0.481 e. The smallest absolute Gasteiger partial charge is 0.334 e. The van der Waals surface area contributed by atoms with Crippen LogP contribution in [0.5, 0.6) is 0 Å². The molecule has 0 aromatic heterocycles. The zero-order valence-electron chi connectivity index (χ0n) is 17.4. The fourth-order valence-corrected chi connectivity index (χ4v) is 2.79. The molecule has 2 amide bonds. The van der Waals surface area contributed by atoms with E-state index in [0.29, 0.717) is 12.8 Å². The van der Waals surface area contributed by atoms with E-state index in [1.54, 1.807) is 6.92 Å². The molecule has 7 heteroatoms. The number of hydrogen-bond donors (Lipinski definition) is 1. The minimum atomic E-state index is -1.45. The van der Waals surface area contributed by atoms with E-state index in [9.17, 15) is 24.3 Å². The number of unbranched alkanes of at least 4 members (excludes halogenated alkanes) is 6. The zero-order chi connectivity index (χ0) is 21.4. The Morgan fingerprint density at radius 1 is 0.893 bits per heavy atom. The van der Waals surface area contributed by atoms with Gasteiger partial charge in [-0.2, -0.15) is 0 Å². The van der Waals surface area contributed by atoms with Crippen molar-refractivity contribution in [2.24, 2.45) is 0 Å². The minimum absolute atomic E-state index is 0.105. The summed E-state index contributed by atoms with van der Waals surface area (Å²) >= 11 is 0. The quantitative estimate of drug-likeness (QED) is 0.252. The van der Waals surface area contributed by atoms with Crippen LogP contribution in [-0.2, 0) is 23.9 Å². The average Bonchev–Trinajstić information content (AvgIpc) is 2.65. The number of hydrogen-bond acceptors (Lipinski definition) is 5. The summed E-state index contributed by atoms with van der Waals surface area (Å²) in [5.74, 6) is -3.21. The summed E-state index contributed by atoms with van der Waals surface area (Å²) in [4.78, 5) is 49.9. The molecule has 0 saturated heterocycles. The Bertz CT molecular complexity index is 505. The van der Waals surface area contributed by atoms with Gasteiger partial charge < -0.3 is 9.84 Å². The lowest BCUT2D eigenvalue weighted by Crippen LogP contribution is -2.50. The second-order valence-electron chi connectivity index (χ2n) is 6.80. The van der Waals surface area contributed by atoms with E-state index in [0.717, 1.165) is 49.7 Å². The van der Waals surface area contributed by atoms with Gasteiger partial charge in [-0.05, 0) is 19.8 Å². The predicted molar refractivity (Wildman–Crippen MR) is 106 cm³/mol. The Balaban J connectivity index is 5.38. The molecule has 0 aromatic rings. The number of carbonyl (C=O) groups excluding carboxylic acids is 3. The molecular weight excluding hydrogens is 362 g/mol. The molecule has 0 bridgehead atoms. The van der Waals surface area contributed by atoms with Crippen LogP contribution < -0.4 is 0 Å². The van der Waals surface area contributed by atoms with Gasteiger partial charge in [0.25, 0.3) is 0 Å². The molecule has 1 atom stereocenters. The number of rotatable bonds is 15. The number of imide groups is 1. The van der Waals surface area contributed by atoms with Crippen molar-refractivity contribution in [1.82, 2.24) is 4.90 Å². The topological polar surface area (TPSA) is 101 Å². The van der Waals surface area contributed by atoms with E-state index in [1.807, 2.05) is 13.8 Å². The first kappa shape index (κ1) is 25.8. The Kier molecular flexibility index (Phi) is 14.6. The summed E-state index contributed by atoms with van der Waals surface area (Å²) in [6.07, 6.45) is 8.95. The number of aliphatic carboxylic acids is 1. The Labute approximate surface area is 168 Å². The van der Waals surface area contributed by atoms with Crippen molar-refractivity contribution in [2.75, 3.05) is 0 Å². The predicted octanol–water partition coefficient (Wildman–Crippen LogP) is 4.20. The van der Waals surface area contributed by atoms with Crippen molar-refractivity contribution in [1.29, 1.82) is 0 Å². The van der Waals surface area contributed by atoms with E-state index in [1.165, 1.54) is 6.08 Å². The van der Waals surface area contributed by atoms with Gasteiger partial charge in [0.05, 0.1) is 12.7 Å². The number of esters is 1. The normalized spacial score (nSPS) is 12.0. The van der Waals surface area contributed by atoms with E-state index in [4.69, 9.17) is 4.74 Å². The van der Waals surface area contributed by atoms with Crippen LogP contribution in [0.3, 0.4) is 0 Å². The molecule has 0 heterocycles. The van der Waals surface area contributed by atoms with Gasteiger partial charge in [-0.3, -0.25) is 19.3 Å². The highest BCUT2D eigenvalue weighted by Crippen LogP contribution is 2.16. The van der Waals surface area contributed by atoms with Crippen LogP contribution in [0.15, 0.2) is 12.3 Å². The van der Waals surface area contributed by atoms with Crippen LogP contribution in [0, 0.1) is 0 Å². The lowest BCUT2D eigenvalue weighted by molar-refractivity contribution is -0.161. The van der Waals surface area contributed by atoms with Crippen LogP contribution in [0.2, 0.25) is 0 Å². The monoisotopic (exact) mass is 397 g/mol. The van der Waals surface area contributed by atoms with Crippen molar-refractivity contribution in [3.05, 3.63) is 12.3 Å². The van der Waals surface area contributed by atoms with Crippen LogP contribution in [-0.4, -0.2) is 39.8 Å². The molecule has 0 aliphatic heterocycles. The number of ether oxygens (including phenoxy) is 1. The van der Waals surface area contributed by atoms with Gasteiger partial charge in [0.15, 0.2) is 0 Å². The van der Waals surface area contributed by atoms with Crippen LogP contribution >= 0.6 is 0 Å². The summed E-state index contributed by atoms with van der Waals surface area (Å²) in [6.45, 7) is 5.73. The summed E-state index contributed by atoms with van der Waals surface area (Å²) in [7, 11) is 0. The highest BCUT2D eigenvalue weighted by atomic mass is 16.5. The number of allylic oxidation sites excluding steroid dienone is 1. The first-order chi connectivity index (χ1) is 13.4. The molecule has 160 valence electrons. The number of amides is 2. The number of carboxylic acids is 1. The van der Waals surface area contributed by atoms with Gasteiger partial charge in [0.1, 0.15) is 6.04 Å². The van der Waals surface area contributed by atoms with Gasteiger partial charge in [-0.1, -0.05) is 58.4 Å². The molecule has 0 radical (unpaired) electrons. The fourth-order valence-electron chi connectivity index (χ4n) is 2.79. The molecule has 0 saturated carbocycles. The molecule has 0 aliphatic rings. The third-order valence-electron chi connectivity index (χ3n) is 4.30. The third-order valence-corrected chi connectivity index (χ3v) is 4.30. The highest BCUT2D eigenvalue weighted by molar-refractivity contribution is 6.00. The molecule has 1 N–H and O–H groups in total. The number of nitrogens with zero attached hydrogens (tertiary/aromatic N) is 1. The van der Waals surface area contributed by atoms with Gasteiger partial charge in [0.2, 0.25) is 11.8 Å². The van der Waals surface area contributed by atoms with Gasteiger partial charge >= 0.3 is 11.9 Å². The molecule has 1 unspecified atom stereocenters. The van der Waals surface area contributed by atoms with Crippen molar-refractivity contribution in [2.45, 2.75) is 97.4 Å². The van der Waals surface area contributed by atoms with Gasteiger partial charge in [-0.15, -0.1) is 0 Å². The molecule has 28 heavy (non-hydrogen) atoms. The summed E-state index contributed by atoms with van der Waals surface area (Å²) in [5, 5.41) is 9.19. The maximum atomic E-state index is 12.7. The van der Waals surface area contributed by atoms with E-state index in [-0.39, 0.29) is 12.8 Å². The van der Waals surface area contributed by atoms with Crippen LogP contribution in [0.25, 0.3) is 0 Å². The van der Waals surface area contributed by atoms with Crippen LogP contribution in [0.4, 0.5) is 0 Å². The van der Waals surface area contributed by atoms with E-state index >= 15 is 0 Å². The fraction of sp³-hybridized carbons (Fsp3) is 0.714. The first-order valence-electron chi connectivity index (χ1n) is 10.3. The summed E-state index contributed by atoms with van der Waals surface area (Å²) < 4.78 is 4.89. The van der Waals surface area contributed by atoms with E-state index < -0.39 is 36.2 Å². The highest BCUT2D eigenvalue weighted by Gasteiger charge is 2.36. The lowest BCUT2D eigenvalue weighted by atomic mass is 10.1. The standard InChI is InChI=1S/C21H35NO6/c1-4-7-9-11-13-18(23)22(19(24)14-12-10-8-5-2)17(16-20(25)26)21(27)28-15-6-3/h6,15,17H,4-5,7-14,16H2,1-3H3,(H,25,26)/b15-6+. The third kappa shape index (κ3) is 10.8. The SMILES string of the molecule is C/C=C/OC(=O)C(CC(=O)O)N(C(=O)CCCCCC)C(=O)CCCCCC. The summed E-state index contributed by atoms with van der Waals surface area (Å²) in [6, 6.07) is -1.45. The molecule has 0 aliphatic carbocycles. The molecule has 0 rings (SSSR count). The maximum Gasteiger partial charge on any atom is 0.334 e. The van der Waals surface area contributed by atoms with Crippen molar-refractivity contribution in [3.8, 4) is 0 Å². The van der Waals surface area contributed by atoms with E-state index in [2.05, 4.69) is 0 Å². The van der Waals surface area contributed by atoms with Gasteiger partial charge in [-0.25, -0.2) is 4.79 Å². The molecule has 0 spiro atoms. The molecular formula is C21H35NO6. The Hall–Kier alpha value is -2.18. The second kappa shape index (κ2) is 15.8. The second-order valence-corrected chi connectivity index (χ2v) is 6.80. The number of carbonyl (C=O) groups is 4. The van der Waals surface area contributed by atoms with Gasteiger partial charge in [0, 0.05) is 12.8 Å². The average molecular weight is 398 g/mol. The molecule has 0 fully saturated rings. The Morgan fingerprint density at radius 3 is 1.79 bits per heavy atom. The number of carboxylic acid groups (broad SMARTS) is 1. The van der Waals surface area contributed by atoms with Crippen LogP contribution in [0.1, 0.15) is 91.4 Å². The zero-order valence-corrected chi connectivity index (χ0v) is 17.4. The Morgan fingerprint density at radius 2 is 1.39 bits per heavy atom. The van der Waals surface area contributed by atoms with Crippen molar-refractivity contribution >= 4 is 23.8 Å². The largest absolute Gasteiger partial charge is 0.481 e.